The molecule has 6 heteroatoms. The van der Waals surface area contributed by atoms with Crippen LogP contribution in [0.25, 0.3) is 0 Å². The molecule has 1 aromatic heterocycles. The molecule has 0 saturated heterocycles. The van der Waals surface area contributed by atoms with Gasteiger partial charge in [0.2, 0.25) is 0 Å². The molecule has 1 aliphatic heterocycles. The maximum atomic E-state index is 13.6. The van der Waals surface area contributed by atoms with E-state index >= 15 is 0 Å². The number of anilines is 1. The average molecular weight is 480 g/mol. The minimum atomic E-state index is -0.751. The highest BCUT2D eigenvalue weighted by atomic mass is 35.5. The maximum Gasteiger partial charge on any atom is 0.161 e. The lowest BCUT2D eigenvalue weighted by Crippen LogP contribution is -2.48. The van der Waals surface area contributed by atoms with Gasteiger partial charge in [-0.2, -0.15) is 5.26 Å². The topological polar surface area (TPSA) is 68.0 Å². The van der Waals surface area contributed by atoms with E-state index < -0.39 is 11.8 Å². The van der Waals surface area contributed by atoms with E-state index in [-0.39, 0.29) is 22.4 Å². The number of thiophene rings is 1. The van der Waals surface area contributed by atoms with Crippen molar-refractivity contribution >= 4 is 40.2 Å². The van der Waals surface area contributed by atoms with Gasteiger partial charge in [-0.15, -0.1) is 11.3 Å². The number of allylic oxidation sites excluding steroid dienone is 2. The molecule has 1 aliphatic carbocycles. The minimum absolute atomic E-state index is 0.0209. The van der Waals surface area contributed by atoms with Crippen molar-refractivity contribution in [3.63, 3.8) is 0 Å². The Bertz CT molecular complexity index is 1220. The summed E-state index contributed by atoms with van der Waals surface area (Å²) in [7, 11) is 0. The van der Waals surface area contributed by atoms with Gasteiger partial charge in [-0.25, -0.2) is 0 Å². The van der Waals surface area contributed by atoms with E-state index in [0.717, 1.165) is 21.8 Å². The second kappa shape index (κ2) is 8.11. The van der Waals surface area contributed by atoms with Crippen LogP contribution in [0.3, 0.4) is 0 Å². The molecule has 1 aromatic carbocycles. The number of ketones is 1. The van der Waals surface area contributed by atoms with Crippen LogP contribution in [0.1, 0.15) is 68.7 Å². The summed E-state index contributed by atoms with van der Waals surface area (Å²) in [4.78, 5) is 17.7. The van der Waals surface area contributed by atoms with Crippen molar-refractivity contribution < 1.29 is 4.79 Å². The average Bonchev–Trinajstić information content (AvgIpc) is 3.19. The van der Waals surface area contributed by atoms with E-state index in [2.05, 4.69) is 46.8 Å². The van der Waals surface area contributed by atoms with E-state index in [1.807, 2.05) is 36.1 Å². The lowest BCUT2D eigenvalue weighted by atomic mass is 9.67. The number of nitrogens with zero attached hydrogens (tertiary/aromatic N) is 2. The quantitative estimate of drug-likeness (QED) is 0.488. The van der Waals surface area contributed by atoms with Gasteiger partial charge >= 0.3 is 0 Å². The van der Waals surface area contributed by atoms with Gasteiger partial charge in [-0.05, 0) is 54.0 Å². The normalized spacial score (nSPS) is 22.9. The third kappa shape index (κ3) is 4.05. The number of rotatable bonds is 2. The fourth-order valence-corrected chi connectivity index (χ4v) is 6.32. The lowest BCUT2D eigenvalue weighted by molar-refractivity contribution is -0.118. The monoisotopic (exact) mass is 479 g/mol. The molecular formula is C27H30ClN3OS. The van der Waals surface area contributed by atoms with E-state index in [1.54, 1.807) is 11.3 Å². The lowest BCUT2D eigenvalue weighted by Gasteiger charge is -2.46. The molecule has 2 unspecified atom stereocenters. The van der Waals surface area contributed by atoms with Crippen molar-refractivity contribution in [2.45, 2.75) is 65.7 Å². The van der Waals surface area contributed by atoms with Gasteiger partial charge in [-0.3, -0.25) is 10.2 Å². The molecule has 0 amide bonds. The second-order valence-corrected chi connectivity index (χ2v) is 12.5. The molecule has 2 aliphatic rings. The molecule has 4 nitrogen and oxygen atoms in total. The Balaban J connectivity index is 1.99. The molecule has 0 spiro atoms. The number of benzene rings is 1. The fraction of sp³-hybridized carbons (Fsp3) is 0.444. The summed E-state index contributed by atoms with van der Waals surface area (Å²) >= 11 is 8.09. The summed E-state index contributed by atoms with van der Waals surface area (Å²) in [6.45, 7) is 12.6. The standard InChI is InChI=1S/C27H30ClN3OS/c1-15-17(28)8-7-9-18(15)31-19-12-27(5,6)13-20(32)24(19)23(16(14-29)25(31)30)21-10-11-22(33-21)26(2,3)4/h7-11,16,23,30H,12-13H2,1-6H3. The number of hydrogen-bond acceptors (Lipinski definition) is 4. The van der Waals surface area contributed by atoms with Gasteiger partial charge in [-0.1, -0.05) is 52.3 Å². The molecule has 0 radical (unpaired) electrons. The van der Waals surface area contributed by atoms with Crippen LogP contribution in [0, 0.1) is 35.0 Å². The van der Waals surface area contributed by atoms with Gasteiger partial charge in [0.15, 0.2) is 5.78 Å². The van der Waals surface area contributed by atoms with Gasteiger partial charge in [0.1, 0.15) is 11.8 Å². The molecule has 2 atom stereocenters. The highest BCUT2D eigenvalue weighted by Crippen LogP contribution is 2.52. The van der Waals surface area contributed by atoms with Gasteiger partial charge in [0.05, 0.1) is 11.8 Å². The van der Waals surface area contributed by atoms with E-state index in [9.17, 15) is 10.1 Å². The Morgan fingerprint density at radius 3 is 2.52 bits per heavy atom. The number of nitriles is 1. The summed E-state index contributed by atoms with van der Waals surface area (Å²) in [5.74, 6) is -0.881. The van der Waals surface area contributed by atoms with Crippen molar-refractivity contribution in [2.75, 3.05) is 4.90 Å². The Hall–Kier alpha value is -2.42. The Morgan fingerprint density at radius 2 is 1.91 bits per heavy atom. The van der Waals surface area contributed by atoms with Crippen LogP contribution in [0.4, 0.5) is 5.69 Å². The minimum Gasteiger partial charge on any atom is -0.301 e. The molecule has 4 rings (SSSR count). The van der Waals surface area contributed by atoms with E-state index in [4.69, 9.17) is 17.0 Å². The Kier molecular flexibility index (Phi) is 5.83. The molecule has 1 N–H and O–H groups in total. The first kappa shape index (κ1) is 23.7. The molecule has 0 saturated carbocycles. The first-order valence-corrected chi connectivity index (χ1v) is 12.4. The third-order valence-corrected chi connectivity index (χ3v) is 8.64. The van der Waals surface area contributed by atoms with Crippen LogP contribution < -0.4 is 4.90 Å². The second-order valence-electron chi connectivity index (χ2n) is 10.9. The number of hydrogen-bond donors (Lipinski definition) is 1. The zero-order valence-corrected chi connectivity index (χ0v) is 21.6. The van der Waals surface area contributed by atoms with Gasteiger partial charge < -0.3 is 4.90 Å². The molecule has 33 heavy (non-hydrogen) atoms. The number of nitrogens with one attached hydrogen (secondary N) is 1. The Labute approximate surface area is 205 Å². The maximum absolute atomic E-state index is 13.6. The van der Waals surface area contributed by atoms with Crippen molar-refractivity contribution in [2.24, 2.45) is 11.3 Å². The van der Waals surface area contributed by atoms with Crippen molar-refractivity contribution in [3.05, 3.63) is 61.9 Å². The highest BCUT2D eigenvalue weighted by Gasteiger charge is 2.48. The summed E-state index contributed by atoms with van der Waals surface area (Å²) < 4.78 is 0. The highest BCUT2D eigenvalue weighted by molar-refractivity contribution is 7.12. The number of carbonyl (C=O) groups is 1. The number of carbonyl (C=O) groups excluding carboxylic acids is 1. The van der Waals surface area contributed by atoms with Gasteiger partial charge in [0.25, 0.3) is 0 Å². The van der Waals surface area contributed by atoms with Crippen LogP contribution in [0.2, 0.25) is 5.02 Å². The molecule has 172 valence electrons. The van der Waals surface area contributed by atoms with Gasteiger partial charge in [0, 0.05) is 38.4 Å². The van der Waals surface area contributed by atoms with Crippen molar-refractivity contribution in [1.82, 2.24) is 0 Å². The number of halogens is 1. The van der Waals surface area contributed by atoms with Crippen LogP contribution in [0.15, 0.2) is 41.6 Å². The van der Waals surface area contributed by atoms with Crippen molar-refractivity contribution in [1.29, 1.82) is 10.7 Å². The number of amidine groups is 1. The molecular weight excluding hydrogens is 450 g/mol. The smallest absolute Gasteiger partial charge is 0.161 e. The predicted octanol–water partition coefficient (Wildman–Crippen LogP) is 7.37. The summed E-state index contributed by atoms with van der Waals surface area (Å²) in [5, 5.41) is 20.0. The molecule has 2 heterocycles. The van der Waals surface area contributed by atoms with E-state index in [0.29, 0.717) is 23.4 Å². The first-order valence-electron chi connectivity index (χ1n) is 11.3. The van der Waals surface area contributed by atoms with Crippen LogP contribution in [-0.2, 0) is 10.2 Å². The van der Waals surface area contributed by atoms with Crippen molar-refractivity contribution in [3.8, 4) is 6.07 Å². The van der Waals surface area contributed by atoms with E-state index in [1.165, 1.54) is 4.88 Å². The largest absolute Gasteiger partial charge is 0.301 e. The zero-order chi connectivity index (χ0) is 24.3. The summed E-state index contributed by atoms with van der Waals surface area (Å²) in [5.41, 5.74) is 2.90. The van der Waals surface area contributed by atoms with Crippen LogP contribution >= 0.6 is 22.9 Å². The summed E-state index contributed by atoms with van der Waals surface area (Å²) in [6, 6.07) is 12.1. The number of Topliss-reactive ketones (excluding diaryl/α,β-unsaturated/α-hetero) is 1. The first-order chi connectivity index (χ1) is 15.4. The molecule has 0 fully saturated rings. The third-order valence-electron chi connectivity index (χ3n) is 6.64. The SMILES string of the molecule is Cc1c(Cl)cccc1N1C(=N)C(C#N)C(c2ccc(C(C)(C)C)s2)C2=C1CC(C)(C)CC2=O. The Morgan fingerprint density at radius 1 is 1.21 bits per heavy atom. The fourth-order valence-electron chi connectivity index (χ4n) is 4.94. The molecule has 0 bridgehead atoms. The predicted molar refractivity (Wildman–Crippen MR) is 136 cm³/mol. The van der Waals surface area contributed by atoms with Crippen LogP contribution in [-0.4, -0.2) is 11.6 Å². The summed E-state index contributed by atoms with van der Waals surface area (Å²) in [6.07, 6.45) is 1.10. The zero-order valence-electron chi connectivity index (χ0n) is 20.0. The van der Waals surface area contributed by atoms with Crippen LogP contribution in [0.5, 0.6) is 0 Å². The molecule has 2 aromatic rings.